The lowest BCUT2D eigenvalue weighted by Gasteiger charge is -2.26. The molecular weight excluding hydrogens is 322 g/mol. The fourth-order valence-electron chi connectivity index (χ4n) is 2.42. The molecule has 2 N–H and O–H groups in total. The van der Waals surface area contributed by atoms with Crippen LogP contribution in [0, 0.1) is 5.41 Å². The molecule has 0 saturated carbocycles. The third kappa shape index (κ3) is 4.42. The van der Waals surface area contributed by atoms with E-state index in [1.165, 1.54) is 0 Å². The largest absolute Gasteiger partial charge is 0.480 e. The van der Waals surface area contributed by atoms with Crippen molar-refractivity contribution in [2.24, 2.45) is 5.41 Å². The van der Waals surface area contributed by atoms with Gasteiger partial charge in [0.05, 0.1) is 12.7 Å². The molecule has 0 atom stereocenters. The van der Waals surface area contributed by atoms with E-state index in [1.807, 2.05) is 24.3 Å². The number of carboxylic acids is 2. The van der Waals surface area contributed by atoms with Crippen molar-refractivity contribution in [1.29, 1.82) is 0 Å². The van der Waals surface area contributed by atoms with E-state index in [9.17, 15) is 19.8 Å². The SMILES string of the molecule is CC(C)OCC(Cc1ccc(-c2cccnc2)cc1)(C(=O)O)C(=O)O. The number of benzene rings is 1. The van der Waals surface area contributed by atoms with Gasteiger partial charge in [0, 0.05) is 18.8 Å². The Morgan fingerprint density at radius 3 is 2.20 bits per heavy atom. The topological polar surface area (TPSA) is 96.7 Å². The molecule has 2 rings (SSSR count). The van der Waals surface area contributed by atoms with Gasteiger partial charge in [-0.15, -0.1) is 0 Å². The van der Waals surface area contributed by atoms with E-state index in [0.717, 1.165) is 11.1 Å². The van der Waals surface area contributed by atoms with E-state index in [4.69, 9.17) is 4.74 Å². The van der Waals surface area contributed by atoms with Crippen molar-refractivity contribution in [2.45, 2.75) is 26.4 Å². The molecule has 6 heteroatoms. The summed E-state index contributed by atoms with van der Waals surface area (Å²) < 4.78 is 5.33. The molecule has 132 valence electrons. The minimum Gasteiger partial charge on any atom is -0.480 e. The molecule has 0 spiro atoms. The Bertz CT molecular complexity index is 711. The average molecular weight is 343 g/mol. The monoisotopic (exact) mass is 343 g/mol. The second-order valence-corrected chi connectivity index (χ2v) is 6.17. The van der Waals surface area contributed by atoms with Gasteiger partial charge in [-0.2, -0.15) is 0 Å². The zero-order chi connectivity index (χ0) is 18.4. The van der Waals surface area contributed by atoms with Crippen LogP contribution >= 0.6 is 0 Å². The first-order chi connectivity index (χ1) is 11.8. The normalized spacial score (nSPS) is 11.5. The maximum absolute atomic E-state index is 11.7. The average Bonchev–Trinajstić information content (AvgIpc) is 2.59. The van der Waals surface area contributed by atoms with E-state index in [1.54, 1.807) is 38.4 Å². The quantitative estimate of drug-likeness (QED) is 0.716. The highest BCUT2D eigenvalue weighted by atomic mass is 16.5. The van der Waals surface area contributed by atoms with Gasteiger partial charge in [0.2, 0.25) is 0 Å². The van der Waals surface area contributed by atoms with Gasteiger partial charge in [0.25, 0.3) is 0 Å². The number of hydrogen-bond acceptors (Lipinski definition) is 4. The maximum Gasteiger partial charge on any atom is 0.323 e. The third-order valence-corrected chi connectivity index (χ3v) is 3.94. The van der Waals surface area contributed by atoms with Gasteiger partial charge in [0.15, 0.2) is 5.41 Å². The Labute approximate surface area is 146 Å². The summed E-state index contributed by atoms with van der Waals surface area (Å²) in [7, 11) is 0. The van der Waals surface area contributed by atoms with Gasteiger partial charge in [-0.1, -0.05) is 30.3 Å². The molecule has 0 saturated heterocycles. The molecule has 0 unspecified atom stereocenters. The molecule has 0 aliphatic rings. The van der Waals surface area contributed by atoms with Gasteiger partial charge in [0.1, 0.15) is 0 Å². The van der Waals surface area contributed by atoms with Crippen molar-refractivity contribution in [2.75, 3.05) is 6.61 Å². The van der Waals surface area contributed by atoms with Crippen LogP contribution in [0.4, 0.5) is 0 Å². The molecule has 0 aliphatic carbocycles. The second kappa shape index (κ2) is 7.90. The fraction of sp³-hybridized carbons (Fsp3) is 0.316. The van der Waals surface area contributed by atoms with E-state index in [2.05, 4.69) is 4.98 Å². The highest BCUT2D eigenvalue weighted by Gasteiger charge is 2.47. The van der Waals surface area contributed by atoms with Crippen molar-refractivity contribution >= 4 is 11.9 Å². The summed E-state index contributed by atoms with van der Waals surface area (Å²) >= 11 is 0. The number of pyridine rings is 1. The van der Waals surface area contributed by atoms with Crippen LogP contribution in [0.15, 0.2) is 48.8 Å². The molecule has 0 radical (unpaired) electrons. The number of hydrogen-bond donors (Lipinski definition) is 2. The molecule has 25 heavy (non-hydrogen) atoms. The Kier molecular flexibility index (Phi) is 5.88. The predicted molar refractivity (Wildman–Crippen MR) is 92.2 cm³/mol. The summed E-state index contributed by atoms with van der Waals surface area (Å²) in [6.45, 7) is 3.08. The molecule has 0 aliphatic heterocycles. The molecule has 0 bridgehead atoms. The number of ether oxygens (including phenoxy) is 1. The first kappa shape index (κ1) is 18.6. The van der Waals surface area contributed by atoms with Crippen molar-refractivity contribution < 1.29 is 24.5 Å². The summed E-state index contributed by atoms with van der Waals surface area (Å²) in [4.78, 5) is 27.5. The van der Waals surface area contributed by atoms with Crippen LogP contribution in [0.3, 0.4) is 0 Å². The first-order valence-corrected chi connectivity index (χ1v) is 7.93. The fourth-order valence-corrected chi connectivity index (χ4v) is 2.42. The van der Waals surface area contributed by atoms with Crippen LogP contribution in [-0.4, -0.2) is 39.8 Å². The standard InChI is InChI=1S/C19H21NO5/c1-13(2)25-12-19(17(21)22,18(23)24)10-14-5-7-15(8-6-14)16-4-3-9-20-11-16/h3-9,11,13H,10,12H2,1-2H3,(H,21,22)(H,23,24). The summed E-state index contributed by atoms with van der Waals surface area (Å²) in [5.41, 5.74) is 0.455. The number of aliphatic carboxylic acids is 2. The first-order valence-electron chi connectivity index (χ1n) is 7.93. The van der Waals surface area contributed by atoms with Crippen LogP contribution in [0.1, 0.15) is 19.4 Å². The molecule has 0 fully saturated rings. The van der Waals surface area contributed by atoms with Crippen LogP contribution in [0.25, 0.3) is 11.1 Å². The summed E-state index contributed by atoms with van der Waals surface area (Å²) in [5, 5.41) is 19.1. The highest BCUT2D eigenvalue weighted by molar-refractivity contribution is 5.98. The number of carboxylic acid groups (broad SMARTS) is 2. The minimum atomic E-state index is -2.01. The molecule has 2 aromatic rings. The second-order valence-electron chi connectivity index (χ2n) is 6.17. The number of nitrogens with zero attached hydrogens (tertiary/aromatic N) is 1. The molecular formula is C19H21NO5. The Balaban J connectivity index is 2.26. The van der Waals surface area contributed by atoms with Crippen LogP contribution < -0.4 is 0 Å². The summed E-state index contributed by atoms with van der Waals surface area (Å²) in [5.74, 6) is -2.81. The van der Waals surface area contributed by atoms with Crippen LogP contribution in [0.5, 0.6) is 0 Å². The van der Waals surface area contributed by atoms with Crippen molar-refractivity contribution in [1.82, 2.24) is 4.98 Å². The summed E-state index contributed by atoms with van der Waals surface area (Å²) in [6, 6.07) is 10.9. The number of rotatable bonds is 8. The number of carbonyl (C=O) groups is 2. The van der Waals surface area contributed by atoms with E-state index >= 15 is 0 Å². The van der Waals surface area contributed by atoms with E-state index in [-0.39, 0.29) is 19.1 Å². The lowest BCUT2D eigenvalue weighted by Crippen LogP contribution is -2.46. The number of aromatic nitrogens is 1. The molecule has 1 aromatic heterocycles. The highest BCUT2D eigenvalue weighted by Crippen LogP contribution is 2.27. The third-order valence-electron chi connectivity index (χ3n) is 3.94. The van der Waals surface area contributed by atoms with Crippen molar-refractivity contribution in [3.63, 3.8) is 0 Å². The van der Waals surface area contributed by atoms with E-state index < -0.39 is 17.4 Å². The lowest BCUT2D eigenvalue weighted by molar-refractivity contribution is -0.170. The van der Waals surface area contributed by atoms with Gasteiger partial charge in [-0.05, 0) is 36.6 Å². The van der Waals surface area contributed by atoms with Crippen LogP contribution in [0.2, 0.25) is 0 Å². The molecule has 6 nitrogen and oxygen atoms in total. The van der Waals surface area contributed by atoms with Gasteiger partial charge < -0.3 is 14.9 Å². The lowest BCUT2D eigenvalue weighted by atomic mass is 9.82. The van der Waals surface area contributed by atoms with Crippen molar-refractivity contribution in [3.05, 3.63) is 54.4 Å². The molecule has 1 heterocycles. The Hall–Kier alpha value is -2.73. The predicted octanol–water partition coefficient (Wildman–Crippen LogP) is 2.87. The summed E-state index contributed by atoms with van der Waals surface area (Å²) in [6.07, 6.45) is 2.99. The zero-order valence-corrected chi connectivity index (χ0v) is 14.2. The van der Waals surface area contributed by atoms with E-state index in [0.29, 0.717) is 5.56 Å². The Morgan fingerprint density at radius 2 is 1.72 bits per heavy atom. The van der Waals surface area contributed by atoms with Gasteiger partial charge in [-0.3, -0.25) is 14.6 Å². The van der Waals surface area contributed by atoms with Crippen molar-refractivity contribution in [3.8, 4) is 11.1 Å². The molecule has 0 amide bonds. The maximum atomic E-state index is 11.7. The Morgan fingerprint density at radius 1 is 1.08 bits per heavy atom. The van der Waals surface area contributed by atoms with Crippen LogP contribution in [-0.2, 0) is 20.7 Å². The van der Waals surface area contributed by atoms with Gasteiger partial charge >= 0.3 is 11.9 Å². The molecule has 1 aromatic carbocycles. The zero-order valence-electron chi connectivity index (χ0n) is 14.2. The van der Waals surface area contributed by atoms with Gasteiger partial charge in [-0.25, -0.2) is 0 Å². The minimum absolute atomic E-state index is 0.155. The smallest absolute Gasteiger partial charge is 0.323 e.